The number of anilines is 2. The molecule has 0 bridgehead atoms. The van der Waals surface area contributed by atoms with Gasteiger partial charge in [-0.2, -0.15) is 5.48 Å². The van der Waals surface area contributed by atoms with Crippen LogP contribution >= 0.6 is 11.6 Å². The molecule has 0 heterocycles. The molecule has 4 nitrogen and oxygen atoms in total. The minimum Gasteiger partial charge on any atom is -0.378 e. The summed E-state index contributed by atoms with van der Waals surface area (Å²) in [6, 6.07) is 23.8. The van der Waals surface area contributed by atoms with E-state index in [1.807, 2.05) is 42.5 Å². The molecule has 0 unspecified atom stereocenters. The van der Waals surface area contributed by atoms with E-state index in [4.69, 9.17) is 16.4 Å². The minimum atomic E-state index is -0.346. The fourth-order valence-corrected chi connectivity index (χ4v) is 2.26. The van der Waals surface area contributed by atoms with E-state index in [0.717, 1.165) is 11.4 Å². The first-order valence-electron chi connectivity index (χ1n) is 7.36. The smallest absolute Gasteiger partial charge is 0.283 e. The Labute approximate surface area is 145 Å². The van der Waals surface area contributed by atoms with Crippen molar-refractivity contribution in [1.29, 1.82) is 0 Å². The molecule has 0 aliphatic carbocycles. The summed E-state index contributed by atoms with van der Waals surface area (Å²) in [4.78, 5) is 17.3. The lowest BCUT2D eigenvalue weighted by Gasteiger charge is -2.09. The number of benzene rings is 3. The lowest BCUT2D eigenvalue weighted by Crippen LogP contribution is -2.27. The number of para-hydroxylation sites is 2. The summed E-state index contributed by atoms with van der Waals surface area (Å²) in [6.45, 7) is 0. The Morgan fingerprint density at radius 3 is 2.12 bits per heavy atom. The fourth-order valence-electron chi connectivity index (χ4n) is 2.08. The molecule has 0 aliphatic heterocycles. The van der Waals surface area contributed by atoms with Gasteiger partial charge in [0.05, 0.1) is 5.02 Å². The summed E-state index contributed by atoms with van der Waals surface area (Å²) in [6.07, 6.45) is 0. The molecule has 0 saturated heterocycles. The van der Waals surface area contributed by atoms with Gasteiger partial charge in [-0.05, 0) is 48.5 Å². The summed E-state index contributed by atoms with van der Waals surface area (Å²) in [7, 11) is 0. The molecule has 0 atom stereocenters. The third kappa shape index (κ3) is 4.06. The molecule has 3 rings (SSSR count). The van der Waals surface area contributed by atoms with Crippen molar-refractivity contribution in [1.82, 2.24) is 5.48 Å². The zero-order valence-corrected chi connectivity index (χ0v) is 13.5. The first kappa shape index (κ1) is 15.9. The van der Waals surface area contributed by atoms with Crippen molar-refractivity contribution >= 4 is 28.9 Å². The van der Waals surface area contributed by atoms with Crippen LogP contribution in [0, 0.1) is 0 Å². The van der Waals surface area contributed by atoms with E-state index in [9.17, 15) is 4.79 Å². The molecular weight excluding hydrogens is 324 g/mol. The second-order valence-corrected chi connectivity index (χ2v) is 5.44. The van der Waals surface area contributed by atoms with Gasteiger partial charge in [-0.3, -0.25) is 4.79 Å². The van der Waals surface area contributed by atoms with Gasteiger partial charge in [0.15, 0.2) is 5.75 Å². The van der Waals surface area contributed by atoms with Crippen molar-refractivity contribution in [3.8, 4) is 5.75 Å². The van der Waals surface area contributed by atoms with Crippen molar-refractivity contribution in [2.75, 3.05) is 5.32 Å². The summed E-state index contributed by atoms with van der Waals surface area (Å²) in [5, 5.41) is 3.69. The van der Waals surface area contributed by atoms with Crippen LogP contribution in [0.4, 0.5) is 11.4 Å². The average Bonchev–Trinajstić information content (AvgIpc) is 2.62. The first-order chi connectivity index (χ1) is 11.7. The monoisotopic (exact) mass is 338 g/mol. The van der Waals surface area contributed by atoms with E-state index >= 15 is 0 Å². The zero-order chi connectivity index (χ0) is 16.8. The number of hydrogen-bond acceptors (Lipinski definition) is 3. The molecule has 120 valence electrons. The van der Waals surface area contributed by atoms with Crippen LogP contribution in [-0.4, -0.2) is 5.91 Å². The number of carbonyl (C=O) groups excluding carboxylic acids is 1. The van der Waals surface area contributed by atoms with Gasteiger partial charge in [-0.15, -0.1) is 0 Å². The van der Waals surface area contributed by atoms with Gasteiger partial charge in [0.2, 0.25) is 0 Å². The fraction of sp³-hybridized carbons (Fsp3) is 0. The molecule has 0 aromatic heterocycles. The van der Waals surface area contributed by atoms with Crippen LogP contribution in [0.3, 0.4) is 0 Å². The van der Waals surface area contributed by atoms with Crippen LogP contribution in [0.15, 0.2) is 78.9 Å². The SMILES string of the molecule is O=C(NOc1ccccc1Cl)c1ccc(Nc2ccccc2)cc1. The number of hydroxylamine groups is 1. The second-order valence-electron chi connectivity index (χ2n) is 5.03. The summed E-state index contributed by atoms with van der Waals surface area (Å²) < 4.78 is 0. The van der Waals surface area contributed by atoms with Gasteiger partial charge < -0.3 is 10.2 Å². The van der Waals surface area contributed by atoms with Crippen molar-refractivity contribution in [3.05, 3.63) is 89.4 Å². The Morgan fingerprint density at radius 1 is 0.792 bits per heavy atom. The van der Waals surface area contributed by atoms with E-state index in [-0.39, 0.29) is 5.91 Å². The third-order valence-corrected chi connectivity index (χ3v) is 3.61. The van der Waals surface area contributed by atoms with E-state index in [2.05, 4.69) is 10.8 Å². The lowest BCUT2D eigenvalue weighted by atomic mass is 10.2. The summed E-state index contributed by atoms with van der Waals surface area (Å²) in [5.41, 5.74) is 4.74. The number of rotatable bonds is 5. The van der Waals surface area contributed by atoms with Gasteiger partial charge in [-0.1, -0.05) is 41.9 Å². The van der Waals surface area contributed by atoms with Crippen LogP contribution in [0.2, 0.25) is 5.02 Å². The lowest BCUT2D eigenvalue weighted by molar-refractivity contribution is 0.0760. The molecule has 0 fully saturated rings. The van der Waals surface area contributed by atoms with Crippen LogP contribution in [0.5, 0.6) is 5.75 Å². The van der Waals surface area contributed by atoms with Crippen molar-refractivity contribution in [3.63, 3.8) is 0 Å². The summed E-state index contributed by atoms with van der Waals surface area (Å²) in [5.74, 6) is 0.0519. The molecule has 0 spiro atoms. The standard InChI is InChI=1S/C19H15ClN2O2/c20-17-8-4-5-9-18(17)24-22-19(23)14-10-12-16(13-11-14)21-15-6-2-1-3-7-15/h1-13,21H,(H,22,23). The minimum absolute atomic E-state index is 0.346. The highest BCUT2D eigenvalue weighted by Gasteiger charge is 2.07. The van der Waals surface area contributed by atoms with E-state index < -0.39 is 0 Å². The average molecular weight is 339 g/mol. The highest BCUT2D eigenvalue weighted by atomic mass is 35.5. The van der Waals surface area contributed by atoms with E-state index in [0.29, 0.717) is 16.3 Å². The Kier molecular flexibility index (Phi) is 4.99. The van der Waals surface area contributed by atoms with Gasteiger partial charge >= 0.3 is 0 Å². The van der Waals surface area contributed by atoms with Crippen molar-refractivity contribution in [2.24, 2.45) is 0 Å². The third-order valence-electron chi connectivity index (χ3n) is 3.30. The van der Waals surface area contributed by atoms with Crippen LogP contribution in [0.25, 0.3) is 0 Å². The Hall–Kier alpha value is -2.98. The zero-order valence-electron chi connectivity index (χ0n) is 12.7. The predicted octanol–water partition coefficient (Wildman–Crippen LogP) is 4.81. The van der Waals surface area contributed by atoms with E-state index in [1.165, 1.54) is 0 Å². The Balaban J connectivity index is 1.61. The van der Waals surface area contributed by atoms with Gasteiger partial charge in [-0.25, -0.2) is 0 Å². The Morgan fingerprint density at radius 2 is 1.42 bits per heavy atom. The molecule has 0 saturated carbocycles. The molecule has 24 heavy (non-hydrogen) atoms. The molecule has 3 aromatic carbocycles. The Bertz CT molecular complexity index is 820. The number of carbonyl (C=O) groups is 1. The molecule has 5 heteroatoms. The highest BCUT2D eigenvalue weighted by Crippen LogP contribution is 2.22. The second kappa shape index (κ2) is 7.53. The van der Waals surface area contributed by atoms with Gasteiger partial charge in [0, 0.05) is 16.9 Å². The van der Waals surface area contributed by atoms with Crippen molar-refractivity contribution < 1.29 is 9.63 Å². The normalized spacial score (nSPS) is 10.0. The van der Waals surface area contributed by atoms with Crippen molar-refractivity contribution in [2.45, 2.75) is 0 Å². The predicted molar refractivity (Wildman–Crippen MR) is 95.7 cm³/mol. The van der Waals surface area contributed by atoms with Crippen LogP contribution < -0.4 is 15.6 Å². The molecule has 0 aliphatic rings. The molecule has 3 aromatic rings. The van der Waals surface area contributed by atoms with Crippen LogP contribution in [-0.2, 0) is 0 Å². The number of hydrogen-bond donors (Lipinski definition) is 2. The molecule has 0 radical (unpaired) electrons. The highest BCUT2D eigenvalue weighted by molar-refractivity contribution is 6.32. The van der Waals surface area contributed by atoms with Gasteiger partial charge in [0.25, 0.3) is 5.91 Å². The summed E-state index contributed by atoms with van der Waals surface area (Å²) >= 11 is 5.97. The number of halogens is 1. The maximum Gasteiger partial charge on any atom is 0.283 e. The number of amides is 1. The molecule has 2 N–H and O–H groups in total. The molecular formula is C19H15ClN2O2. The van der Waals surface area contributed by atoms with Crippen LogP contribution in [0.1, 0.15) is 10.4 Å². The topological polar surface area (TPSA) is 50.4 Å². The molecule has 1 amide bonds. The van der Waals surface area contributed by atoms with Gasteiger partial charge in [0.1, 0.15) is 0 Å². The maximum atomic E-state index is 12.1. The largest absolute Gasteiger partial charge is 0.378 e. The quantitative estimate of drug-likeness (QED) is 0.656. The number of nitrogens with one attached hydrogen (secondary N) is 2. The van der Waals surface area contributed by atoms with E-state index in [1.54, 1.807) is 36.4 Å². The first-order valence-corrected chi connectivity index (χ1v) is 7.74. The maximum absolute atomic E-state index is 12.1.